The molecule has 0 radical (unpaired) electrons. The Bertz CT molecular complexity index is 743. The van der Waals surface area contributed by atoms with Gasteiger partial charge in [0.25, 0.3) is 0 Å². The highest BCUT2D eigenvalue weighted by Gasteiger charge is 2.59. The lowest BCUT2D eigenvalue weighted by Gasteiger charge is -2.31. The zero-order valence-electron chi connectivity index (χ0n) is 18.6. The molecule has 1 fully saturated rings. The van der Waals surface area contributed by atoms with Crippen molar-refractivity contribution in [3.63, 3.8) is 0 Å². The maximum Gasteiger partial charge on any atom is 0.0502 e. The molecule has 3 rings (SSSR count). The van der Waals surface area contributed by atoms with Gasteiger partial charge in [-0.15, -0.1) is 0 Å². The lowest BCUT2D eigenvalue weighted by molar-refractivity contribution is 0.386. The number of rotatable bonds is 9. The second-order valence-corrected chi connectivity index (χ2v) is 10.0. The van der Waals surface area contributed by atoms with Crippen LogP contribution >= 0.6 is 0 Å². The molecule has 0 spiro atoms. The summed E-state index contributed by atoms with van der Waals surface area (Å²) < 4.78 is 0. The van der Waals surface area contributed by atoms with Crippen LogP contribution < -0.4 is 5.32 Å². The lowest BCUT2D eigenvalue weighted by atomic mass is 9.81. The molecule has 4 unspecified atom stereocenters. The van der Waals surface area contributed by atoms with Gasteiger partial charge in [-0.1, -0.05) is 82.3 Å². The Morgan fingerprint density at radius 1 is 1.11 bits per heavy atom. The fourth-order valence-corrected chi connectivity index (χ4v) is 6.03. The summed E-state index contributed by atoms with van der Waals surface area (Å²) >= 11 is 0. The Kier molecular flexibility index (Phi) is 5.94. The monoisotopic (exact) mass is 377 g/mol. The van der Waals surface area contributed by atoms with Gasteiger partial charge in [0, 0.05) is 5.70 Å². The maximum absolute atomic E-state index is 4.60. The minimum Gasteiger partial charge on any atom is -0.382 e. The third kappa shape index (κ3) is 4.00. The topological polar surface area (TPSA) is 12.0 Å². The van der Waals surface area contributed by atoms with E-state index in [9.17, 15) is 0 Å². The molecule has 1 aromatic carbocycles. The van der Waals surface area contributed by atoms with Crippen molar-refractivity contribution < 1.29 is 0 Å². The number of fused-ring (bicyclic) bond motifs is 1. The summed E-state index contributed by atoms with van der Waals surface area (Å²) in [5, 5.41) is 3.68. The first-order valence-corrected chi connectivity index (χ1v) is 11.0. The van der Waals surface area contributed by atoms with Crippen molar-refractivity contribution in [2.75, 3.05) is 0 Å². The summed E-state index contributed by atoms with van der Waals surface area (Å²) in [4.78, 5) is 0. The summed E-state index contributed by atoms with van der Waals surface area (Å²) in [6, 6.07) is 9.17. The third-order valence-electron chi connectivity index (χ3n) is 7.52. The lowest BCUT2D eigenvalue weighted by Crippen LogP contribution is -2.37. The van der Waals surface area contributed by atoms with E-state index in [4.69, 9.17) is 0 Å². The Labute approximate surface area is 173 Å². The van der Waals surface area contributed by atoms with E-state index in [1.165, 1.54) is 28.7 Å². The molecular weight excluding hydrogens is 338 g/mol. The van der Waals surface area contributed by atoms with Gasteiger partial charge in [-0.2, -0.15) is 0 Å². The fraction of sp³-hybridized carbons (Fsp3) is 0.556. The van der Waals surface area contributed by atoms with Crippen LogP contribution in [0.15, 0.2) is 60.8 Å². The van der Waals surface area contributed by atoms with Crippen molar-refractivity contribution in [3.05, 3.63) is 72.0 Å². The van der Waals surface area contributed by atoms with E-state index < -0.39 is 0 Å². The fourth-order valence-electron chi connectivity index (χ4n) is 6.03. The zero-order valence-corrected chi connectivity index (χ0v) is 18.6. The summed E-state index contributed by atoms with van der Waals surface area (Å²) in [5.74, 6) is 2.63. The van der Waals surface area contributed by atoms with Crippen LogP contribution in [0.5, 0.6) is 0 Å². The Balaban J connectivity index is 1.76. The minimum absolute atomic E-state index is 0.286. The average molecular weight is 378 g/mol. The summed E-state index contributed by atoms with van der Waals surface area (Å²) in [7, 11) is 0. The van der Waals surface area contributed by atoms with E-state index >= 15 is 0 Å². The number of allylic oxidation sites excluding steroid dienone is 2. The zero-order chi connectivity index (χ0) is 20.6. The van der Waals surface area contributed by atoms with Gasteiger partial charge in [-0.05, 0) is 73.3 Å². The third-order valence-corrected chi connectivity index (χ3v) is 7.52. The molecule has 0 aromatic heterocycles. The molecular formula is C27H39N. The Hall–Kier alpha value is -1.76. The normalized spacial score (nSPS) is 24.9. The SMILES string of the molecule is C=C(C)NC(C(=C)CC(C(=C)C)C1C(CC)C1(C)C)C1Cc2ccccc2C1. The predicted molar refractivity (Wildman–Crippen MR) is 122 cm³/mol. The smallest absolute Gasteiger partial charge is 0.0502 e. The summed E-state index contributed by atoms with van der Waals surface area (Å²) in [5.41, 5.74) is 7.11. The van der Waals surface area contributed by atoms with Crippen molar-refractivity contribution in [1.82, 2.24) is 5.32 Å². The van der Waals surface area contributed by atoms with E-state index in [1.54, 1.807) is 0 Å². The average Bonchev–Trinajstić information content (AvgIpc) is 2.97. The minimum atomic E-state index is 0.286. The van der Waals surface area contributed by atoms with Crippen LogP contribution in [0.4, 0.5) is 0 Å². The van der Waals surface area contributed by atoms with Crippen molar-refractivity contribution in [3.8, 4) is 0 Å². The molecule has 1 N–H and O–H groups in total. The van der Waals surface area contributed by atoms with E-state index in [0.29, 0.717) is 17.3 Å². The number of nitrogens with one attached hydrogen (secondary N) is 1. The van der Waals surface area contributed by atoms with Crippen molar-refractivity contribution in [1.29, 1.82) is 0 Å². The van der Waals surface area contributed by atoms with E-state index in [0.717, 1.165) is 36.8 Å². The van der Waals surface area contributed by atoms with Crippen LogP contribution in [0.2, 0.25) is 0 Å². The van der Waals surface area contributed by atoms with Crippen LogP contribution in [0.1, 0.15) is 58.6 Å². The predicted octanol–water partition coefficient (Wildman–Crippen LogP) is 6.71. The molecule has 1 aromatic rings. The van der Waals surface area contributed by atoms with Crippen LogP contribution in [-0.4, -0.2) is 6.04 Å². The molecule has 1 saturated carbocycles. The number of benzene rings is 1. The molecule has 2 aliphatic carbocycles. The van der Waals surface area contributed by atoms with Crippen molar-refractivity contribution in [2.24, 2.45) is 29.1 Å². The Morgan fingerprint density at radius 2 is 1.68 bits per heavy atom. The first kappa shape index (κ1) is 21.0. The van der Waals surface area contributed by atoms with E-state index in [-0.39, 0.29) is 6.04 Å². The Morgan fingerprint density at radius 3 is 2.11 bits per heavy atom. The van der Waals surface area contributed by atoms with E-state index in [1.807, 2.05) is 0 Å². The standard InChI is InChI=1S/C27H39N/c1-9-24-25(27(24,7)8)23(17(2)3)14-19(6)26(28-18(4)5)22-15-20-12-10-11-13-21(20)16-22/h10-13,22-26,28H,2,4,6,9,14-16H2,1,3,5,7-8H3. The van der Waals surface area contributed by atoms with Gasteiger partial charge in [0.05, 0.1) is 6.04 Å². The molecule has 2 aliphatic rings. The molecule has 0 saturated heterocycles. The van der Waals surface area contributed by atoms with Crippen LogP contribution in [0, 0.1) is 29.1 Å². The molecule has 0 aliphatic heterocycles. The molecule has 0 heterocycles. The van der Waals surface area contributed by atoms with Gasteiger partial charge >= 0.3 is 0 Å². The summed E-state index contributed by atoms with van der Waals surface area (Å²) in [6.07, 6.45) is 4.56. The molecule has 0 amide bonds. The molecule has 4 atom stereocenters. The highest BCUT2D eigenvalue weighted by atomic mass is 14.9. The first-order valence-electron chi connectivity index (χ1n) is 11.0. The molecule has 152 valence electrons. The van der Waals surface area contributed by atoms with Crippen molar-refractivity contribution >= 4 is 0 Å². The van der Waals surface area contributed by atoms with Gasteiger partial charge in [0.1, 0.15) is 0 Å². The summed E-state index contributed by atoms with van der Waals surface area (Å²) in [6.45, 7) is 24.6. The largest absolute Gasteiger partial charge is 0.382 e. The molecule has 1 nitrogen and oxygen atoms in total. The highest BCUT2D eigenvalue weighted by molar-refractivity contribution is 5.34. The van der Waals surface area contributed by atoms with Gasteiger partial charge < -0.3 is 5.32 Å². The molecule has 1 heteroatoms. The van der Waals surface area contributed by atoms with Crippen LogP contribution in [-0.2, 0) is 12.8 Å². The second-order valence-electron chi connectivity index (χ2n) is 10.0. The van der Waals surface area contributed by atoms with Gasteiger partial charge in [-0.25, -0.2) is 0 Å². The van der Waals surface area contributed by atoms with E-state index in [2.05, 4.69) is 83.9 Å². The van der Waals surface area contributed by atoms with Crippen LogP contribution in [0.25, 0.3) is 0 Å². The maximum atomic E-state index is 4.60. The van der Waals surface area contributed by atoms with Crippen LogP contribution in [0.3, 0.4) is 0 Å². The number of hydrogen-bond acceptors (Lipinski definition) is 1. The van der Waals surface area contributed by atoms with Gasteiger partial charge in [-0.3, -0.25) is 0 Å². The quantitative estimate of drug-likeness (QED) is 0.471. The van der Waals surface area contributed by atoms with Crippen molar-refractivity contribution in [2.45, 2.75) is 66.3 Å². The molecule has 28 heavy (non-hydrogen) atoms. The molecule has 0 bridgehead atoms. The first-order chi connectivity index (χ1) is 13.2. The number of hydrogen-bond donors (Lipinski definition) is 1. The van der Waals surface area contributed by atoms with Gasteiger partial charge in [0.15, 0.2) is 0 Å². The van der Waals surface area contributed by atoms with Gasteiger partial charge in [0.2, 0.25) is 0 Å². The second kappa shape index (κ2) is 7.93. The highest BCUT2D eigenvalue weighted by Crippen LogP contribution is 2.65.